The lowest BCUT2D eigenvalue weighted by atomic mass is 9.89. The minimum absolute atomic E-state index is 0.0287. The molecule has 5 heteroatoms. The molecule has 1 fully saturated rings. The van der Waals surface area contributed by atoms with E-state index in [-0.39, 0.29) is 11.4 Å². The monoisotopic (exact) mass is 257 g/mol. The van der Waals surface area contributed by atoms with Crippen molar-refractivity contribution in [2.45, 2.75) is 24.8 Å². The lowest BCUT2D eigenvalue weighted by Gasteiger charge is -2.24. The van der Waals surface area contributed by atoms with Gasteiger partial charge in [0.15, 0.2) is 0 Å². The zero-order valence-electron chi connectivity index (χ0n) is 9.17. The van der Waals surface area contributed by atoms with Gasteiger partial charge >= 0.3 is 5.97 Å². The molecule has 0 amide bonds. The topological polar surface area (TPSA) is 49.3 Å². The maximum absolute atomic E-state index is 13.7. The molecular formula is C12H13ClFNO2. The molecule has 1 saturated heterocycles. The zero-order valence-corrected chi connectivity index (χ0v) is 9.93. The Hall–Kier alpha value is -1.13. The highest BCUT2D eigenvalue weighted by Gasteiger charge is 2.41. The lowest BCUT2D eigenvalue weighted by molar-refractivity contribution is -0.144. The Bertz CT molecular complexity index is 444. The van der Waals surface area contributed by atoms with E-state index in [0.717, 1.165) is 6.42 Å². The number of carboxylic acid groups (broad SMARTS) is 1. The maximum atomic E-state index is 13.7. The van der Waals surface area contributed by atoms with E-state index in [1.807, 2.05) is 0 Å². The molecule has 17 heavy (non-hydrogen) atoms. The van der Waals surface area contributed by atoms with Gasteiger partial charge in [0, 0.05) is 6.42 Å². The Kier molecular flexibility index (Phi) is 3.35. The number of carboxylic acids is 1. The fourth-order valence-corrected chi connectivity index (χ4v) is 2.42. The van der Waals surface area contributed by atoms with Crippen LogP contribution in [0.2, 0.25) is 5.02 Å². The second-order valence-corrected chi connectivity index (χ2v) is 4.71. The van der Waals surface area contributed by atoms with Gasteiger partial charge in [0.2, 0.25) is 0 Å². The molecule has 2 rings (SSSR count). The highest BCUT2D eigenvalue weighted by atomic mass is 35.5. The first-order chi connectivity index (χ1) is 8.05. The minimum atomic E-state index is -1.05. The molecule has 0 aromatic heterocycles. The fraction of sp³-hybridized carbons (Fsp3) is 0.417. The predicted molar refractivity (Wildman–Crippen MR) is 62.7 cm³/mol. The molecule has 1 aromatic carbocycles. The molecule has 1 atom stereocenters. The average molecular weight is 258 g/mol. The number of rotatable bonds is 3. The van der Waals surface area contributed by atoms with Crippen LogP contribution in [0.25, 0.3) is 0 Å². The van der Waals surface area contributed by atoms with Gasteiger partial charge in [-0.25, -0.2) is 4.39 Å². The van der Waals surface area contributed by atoms with Crippen LogP contribution >= 0.6 is 11.6 Å². The van der Waals surface area contributed by atoms with Crippen molar-refractivity contribution in [1.82, 2.24) is 5.32 Å². The van der Waals surface area contributed by atoms with E-state index < -0.39 is 17.3 Å². The van der Waals surface area contributed by atoms with Crippen molar-refractivity contribution in [1.29, 1.82) is 0 Å². The largest absolute Gasteiger partial charge is 0.480 e. The number of nitrogens with one attached hydrogen (secondary N) is 1. The molecular weight excluding hydrogens is 245 g/mol. The lowest BCUT2D eigenvalue weighted by Crippen LogP contribution is -2.49. The minimum Gasteiger partial charge on any atom is -0.480 e. The molecule has 1 unspecified atom stereocenters. The van der Waals surface area contributed by atoms with E-state index in [0.29, 0.717) is 18.5 Å². The molecule has 3 nitrogen and oxygen atoms in total. The molecule has 1 aliphatic heterocycles. The first-order valence-electron chi connectivity index (χ1n) is 5.46. The van der Waals surface area contributed by atoms with Gasteiger partial charge in [0.1, 0.15) is 11.4 Å². The van der Waals surface area contributed by atoms with Crippen LogP contribution in [0.15, 0.2) is 18.2 Å². The van der Waals surface area contributed by atoms with Crippen molar-refractivity contribution in [3.05, 3.63) is 34.6 Å². The Morgan fingerprint density at radius 2 is 2.35 bits per heavy atom. The van der Waals surface area contributed by atoms with E-state index in [2.05, 4.69) is 5.32 Å². The van der Waals surface area contributed by atoms with E-state index >= 15 is 0 Å². The van der Waals surface area contributed by atoms with Crippen LogP contribution in [0, 0.1) is 5.82 Å². The Balaban J connectivity index is 2.30. The number of halogens is 2. The quantitative estimate of drug-likeness (QED) is 0.873. The van der Waals surface area contributed by atoms with Crippen molar-refractivity contribution in [2.75, 3.05) is 6.54 Å². The number of benzene rings is 1. The van der Waals surface area contributed by atoms with Crippen LogP contribution in [0.4, 0.5) is 4.39 Å². The molecule has 0 radical (unpaired) electrons. The van der Waals surface area contributed by atoms with Gasteiger partial charge in [-0.2, -0.15) is 0 Å². The van der Waals surface area contributed by atoms with E-state index in [9.17, 15) is 14.3 Å². The van der Waals surface area contributed by atoms with Crippen LogP contribution < -0.4 is 5.32 Å². The summed E-state index contributed by atoms with van der Waals surface area (Å²) in [5, 5.41) is 12.3. The van der Waals surface area contributed by atoms with Gasteiger partial charge in [0.05, 0.1) is 5.02 Å². The number of hydrogen-bond acceptors (Lipinski definition) is 2. The zero-order chi connectivity index (χ0) is 12.5. The molecule has 1 heterocycles. The van der Waals surface area contributed by atoms with Crippen molar-refractivity contribution < 1.29 is 14.3 Å². The van der Waals surface area contributed by atoms with Crippen LogP contribution in [0.1, 0.15) is 18.4 Å². The fourth-order valence-electron chi connectivity index (χ4n) is 2.23. The Morgan fingerprint density at radius 1 is 1.59 bits per heavy atom. The summed E-state index contributed by atoms with van der Waals surface area (Å²) in [6.07, 6.45) is 1.41. The molecule has 0 saturated carbocycles. The third-order valence-corrected chi connectivity index (χ3v) is 3.47. The van der Waals surface area contributed by atoms with Crippen molar-refractivity contribution >= 4 is 17.6 Å². The highest BCUT2D eigenvalue weighted by Crippen LogP contribution is 2.27. The van der Waals surface area contributed by atoms with Crippen molar-refractivity contribution in [3.8, 4) is 0 Å². The molecule has 1 aromatic rings. The summed E-state index contributed by atoms with van der Waals surface area (Å²) in [6.45, 7) is 0.647. The summed E-state index contributed by atoms with van der Waals surface area (Å²) >= 11 is 5.68. The van der Waals surface area contributed by atoms with Gasteiger partial charge in [-0.3, -0.25) is 4.79 Å². The average Bonchev–Trinajstić information content (AvgIpc) is 2.75. The summed E-state index contributed by atoms with van der Waals surface area (Å²) in [5.74, 6) is -1.46. The first kappa shape index (κ1) is 12.3. The van der Waals surface area contributed by atoms with Crippen LogP contribution in [0.3, 0.4) is 0 Å². The van der Waals surface area contributed by atoms with E-state index in [1.165, 1.54) is 6.07 Å². The van der Waals surface area contributed by atoms with Gasteiger partial charge in [-0.1, -0.05) is 23.7 Å². The van der Waals surface area contributed by atoms with E-state index in [4.69, 9.17) is 11.6 Å². The molecule has 1 aliphatic rings. The molecule has 0 spiro atoms. The van der Waals surface area contributed by atoms with Gasteiger partial charge in [-0.15, -0.1) is 0 Å². The summed E-state index contributed by atoms with van der Waals surface area (Å²) < 4.78 is 13.7. The predicted octanol–water partition coefficient (Wildman–Crippen LogP) is 2.23. The standard InChI is InChI=1S/C12H13ClFNO2/c13-9-4-1-3-8(10(9)14)7-12(11(16)17)5-2-6-15-12/h1,3-4,15H,2,5-7H2,(H,16,17). The summed E-state index contributed by atoms with van der Waals surface area (Å²) in [5.41, 5.74) is -0.708. The number of aliphatic carboxylic acids is 1. The third kappa shape index (κ3) is 2.28. The van der Waals surface area contributed by atoms with Crippen LogP contribution in [-0.4, -0.2) is 23.2 Å². The van der Waals surface area contributed by atoms with Crippen LogP contribution in [-0.2, 0) is 11.2 Å². The highest BCUT2D eigenvalue weighted by molar-refractivity contribution is 6.30. The number of hydrogen-bond donors (Lipinski definition) is 2. The van der Waals surface area contributed by atoms with Gasteiger partial charge < -0.3 is 10.4 Å². The van der Waals surface area contributed by atoms with Crippen molar-refractivity contribution in [3.63, 3.8) is 0 Å². The van der Waals surface area contributed by atoms with Crippen LogP contribution in [0.5, 0.6) is 0 Å². The van der Waals surface area contributed by atoms with Gasteiger partial charge in [-0.05, 0) is 31.0 Å². The summed E-state index contributed by atoms with van der Waals surface area (Å²) in [7, 11) is 0. The Labute approximate surface area is 104 Å². The molecule has 0 bridgehead atoms. The van der Waals surface area contributed by atoms with E-state index in [1.54, 1.807) is 12.1 Å². The molecule has 92 valence electrons. The summed E-state index contributed by atoms with van der Waals surface area (Å²) in [4.78, 5) is 11.3. The first-order valence-corrected chi connectivity index (χ1v) is 5.84. The summed E-state index contributed by atoms with van der Waals surface area (Å²) in [6, 6.07) is 4.66. The third-order valence-electron chi connectivity index (χ3n) is 3.18. The molecule has 2 N–H and O–H groups in total. The maximum Gasteiger partial charge on any atom is 0.324 e. The van der Waals surface area contributed by atoms with Gasteiger partial charge in [0.25, 0.3) is 0 Å². The Morgan fingerprint density at radius 3 is 2.94 bits per heavy atom. The molecule has 0 aliphatic carbocycles. The second-order valence-electron chi connectivity index (χ2n) is 4.31. The normalized spacial score (nSPS) is 23.9. The van der Waals surface area contributed by atoms with Crippen molar-refractivity contribution in [2.24, 2.45) is 0 Å². The number of carbonyl (C=O) groups is 1. The second kappa shape index (κ2) is 4.63. The smallest absolute Gasteiger partial charge is 0.324 e. The SMILES string of the molecule is O=C(O)C1(Cc2cccc(Cl)c2F)CCCN1.